The Morgan fingerprint density at radius 2 is 1.28 bits per heavy atom. The van der Waals surface area contributed by atoms with E-state index in [9.17, 15) is 0 Å². The molecule has 0 N–H and O–H groups in total. The van der Waals surface area contributed by atoms with E-state index in [1.165, 1.54) is 43.5 Å². The average molecular weight is 367 g/mol. The number of rotatable bonds is 2. The maximum atomic E-state index is 3.68. The van der Waals surface area contributed by atoms with E-state index < -0.39 is 0 Å². The van der Waals surface area contributed by atoms with Gasteiger partial charge in [0.2, 0.25) is 0 Å². The van der Waals surface area contributed by atoms with Gasteiger partial charge in [-0.3, -0.25) is 0 Å². The van der Waals surface area contributed by atoms with Crippen LogP contribution >= 0.6 is 0 Å². The molecular formula is C29H19. The molecule has 135 valence electrons. The van der Waals surface area contributed by atoms with Gasteiger partial charge in [0.1, 0.15) is 0 Å². The normalized spacial score (nSPS) is 16.1. The molecule has 4 aromatic carbocycles. The summed E-state index contributed by atoms with van der Waals surface area (Å²) in [6.07, 6.45) is 10.7. The quantitative estimate of drug-likeness (QED) is 0.464. The van der Waals surface area contributed by atoms with E-state index in [-0.39, 0.29) is 5.41 Å². The number of hydrogen-bond donors (Lipinski definition) is 0. The molecule has 0 bridgehead atoms. The van der Waals surface area contributed by atoms with Crippen molar-refractivity contribution < 1.29 is 0 Å². The smallest absolute Gasteiger partial charge is 0.0580 e. The second kappa shape index (κ2) is 6.18. The molecule has 6 rings (SSSR count). The summed E-state index contributed by atoms with van der Waals surface area (Å²) in [6, 6.07) is 34.6. The lowest BCUT2D eigenvalue weighted by Crippen LogP contribution is -2.26. The van der Waals surface area contributed by atoms with Crippen molar-refractivity contribution in [3.63, 3.8) is 0 Å². The largest absolute Gasteiger partial charge is 0.0622 e. The highest BCUT2D eigenvalue weighted by molar-refractivity contribution is 5.94. The zero-order valence-electron chi connectivity index (χ0n) is 16.0. The topological polar surface area (TPSA) is 0 Å². The third-order valence-electron chi connectivity index (χ3n) is 6.16. The first-order valence-electron chi connectivity index (χ1n) is 10.0. The van der Waals surface area contributed by atoms with E-state index in [2.05, 4.69) is 121 Å². The fraction of sp³-hybridized carbons (Fsp3) is 0.0345. The molecule has 0 atom stereocenters. The van der Waals surface area contributed by atoms with Crippen molar-refractivity contribution in [3.05, 3.63) is 142 Å². The maximum absolute atomic E-state index is 3.68. The summed E-state index contributed by atoms with van der Waals surface area (Å²) in [5.41, 5.74) is 4.68. The zero-order chi connectivity index (χ0) is 19.3. The number of allylic oxidation sites excluding steroid dienone is 4. The summed E-state index contributed by atoms with van der Waals surface area (Å²) in [6.45, 7) is 0. The lowest BCUT2D eigenvalue weighted by molar-refractivity contribution is 0.805. The molecule has 0 heterocycles. The molecule has 0 heteroatoms. The van der Waals surface area contributed by atoms with E-state index in [0.717, 1.165) is 0 Å². The van der Waals surface area contributed by atoms with E-state index in [1.807, 2.05) is 0 Å². The number of hydrogen-bond acceptors (Lipinski definition) is 0. The van der Waals surface area contributed by atoms with Gasteiger partial charge in [-0.05, 0) is 55.6 Å². The highest BCUT2D eigenvalue weighted by Gasteiger charge is 2.33. The van der Waals surface area contributed by atoms with Crippen molar-refractivity contribution in [2.24, 2.45) is 0 Å². The molecule has 4 aromatic rings. The molecule has 0 unspecified atom stereocenters. The average Bonchev–Trinajstić information content (AvgIpc) is 3.18. The van der Waals surface area contributed by atoms with Crippen LogP contribution in [0, 0.1) is 6.08 Å². The fourth-order valence-electron chi connectivity index (χ4n) is 4.73. The summed E-state index contributed by atoms with van der Waals surface area (Å²) < 4.78 is 0. The van der Waals surface area contributed by atoms with Gasteiger partial charge in [0.25, 0.3) is 0 Å². The predicted molar refractivity (Wildman–Crippen MR) is 121 cm³/mol. The zero-order valence-corrected chi connectivity index (χ0v) is 16.0. The van der Waals surface area contributed by atoms with Crippen molar-refractivity contribution >= 4 is 22.4 Å². The maximum Gasteiger partial charge on any atom is 0.0580 e. The highest BCUT2D eigenvalue weighted by atomic mass is 14.3. The summed E-state index contributed by atoms with van der Waals surface area (Å²) in [5, 5.41) is 5.17. The Balaban J connectivity index is 1.66. The van der Waals surface area contributed by atoms with E-state index in [0.29, 0.717) is 0 Å². The molecular weight excluding hydrogens is 348 g/mol. The van der Waals surface area contributed by atoms with Crippen LogP contribution in [0.1, 0.15) is 11.1 Å². The summed E-state index contributed by atoms with van der Waals surface area (Å²) >= 11 is 0. The molecule has 29 heavy (non-hydrogen) atoms. The molecule has 0 amide bonds. The Labute approximate surface area is 170 Å². The van der Waals surface area contributed by atoms with Crippen LogP contribution in [0.3, 0.4) is 0 Å². The van der Waals surface area contributed by atoms with Crippen molar-refractivity contribution in [2.75, 3.05) is 0 Å². The van der Waals surface area contributed by atoms with Crippen LogP contribution < -0.4 is 10.4 Å². The van der Waals surface area contributed by atoms with Crippen LogP contribution in [0.5, 0.6) is 0 Å². The SMILES string of the molecule is [C]1=CC(c2ccccc2)(c2ccccc2)C=C2C=c3c(ccc4ccccc34)=C12. The first-order valence-corrected chi connectivity index (χ1v) is 10.0. The van der Waals surface area contributed by atoms with Gasteiger partial charge in [-0.1, -0.05) is 109 Å². The van der Waals surface area contributed by atoms with Crippen molar-refractivity contribution in [1.82, 2.24) is 0 Å². The Bertz CT molecular complexity index is 1380. The van der Waals surface area contributed by atoms with Crippen molar-refractivity contribution in [2.45, 2.75) is 5.41 Å². The third-order valence-corrected chi connectivity index (χ3v) is 6.16. The molecule has 0 spiro atoms. The van der Waals surface area contributed by atoms with E-state index >= 15 is 0 Å². The third kappa shape index (κ3) is 2.39. The number of benzene rings is 4. The van der Waals surface area contributed by atoms with Crippen LogP contribution in [0.25, 0.3) is 22.4 Å². The Hall–Kier alpha value is -3.64. The van der Waals surface area contributed by atoms with Gasteiger partial charge in [0, 0.05) is 0 Å². The molecule has 2 aliphatic rings. The lowest BCUT2D eigenvalue weighted by Gasteiger charge is -2.32. The molecule has 0 saturated heterocycles. The Morgan fingerprint density at radius 1 is 0.621 bits per heavy atom. The van der Waals surface area contributed by atoms with E-state index in [4.69, 9.17) is 0 Å². The standard InChI is InChI=1S/C29H19/c1-3-10-23(11-4-1)29(24-12-5-2-6-13-24)18-17-26-22(20-29)19-28-25-14-8-7-9-21(25)15-16-27(26)28/h1-16,18-20H. The lowest BCUT2D eigenvalue weighted by atomic mass is 9.70. The molecule has 0 nitrogen and oxygen atoms in total. The summed E-state index contributed by atoms with van der Waals surface area (Å²) in [7, 11) is 0. The minimum absolute atomic E-state index is 0.310. The minimum Gasteiger partial charge on any atom is -0.0622 e. The van der Waals surface area contributed by atoms with Gasteiger partial charge in [-0.25, -0.2) is 0 Å². The molecule has 1 radical (unpaired) electrons. The van der Waals surface area contributed by atoms with Crippen LogP contribution in [0.2, 0.25) is 0 Å². The van der Waals surface area contributed by atoms with Gasteiger partial charge in [-0.2, -0.15) is 0 Å². The van der Waals surface area contributed by atoms with Crippen molar-refractivity contribution in [3.8, 4) is 0 Å². The van der Waals surface area contributed by atoms with Gasteiger partial charge in [0.15, 0.2) is 0 Å². The monoisotopic (exact) mass is 367 g/mol. The Morgan fingerprint density at radius 3 is 2.00 bits per heavy atom. The molecule has 2 aliphatic carbocycles. The molecule has 0 fully saturated rings. The molecule has 0 aromatic heterocycles. The van der Waals surface area contributed by atoms with Gasteiger partial charge < -0.3 is 0 Å². The van der Waals surface area contributed by atoms with Gasteiger partial charge in [-0.15, -0.1) is 0 Å². The highest BCUT2D eigenvalue weighted by Crippen LogP contribution is 2.41. The van der Waals surface area contributed by atoms with Crippen LogP contribution in [-0.4, -0.2) is 0 Å². The fourth-order valence-corrected chi connectivity index (χ4v) is 4.73. The van der Waals surface area contributed by atoms with Gasteiger partial charge in [0.05, 0.1) is 5.41 Å². The van der Waals surface area contributed by atoms with Crippen LogP contribution in [0.15, 0.2) is 115 Å². The van der Waals surface area contributed by atoms with Crippen LogP contribution in [-0.2, 0) is 5.41 Å². The predicted octanol–water partition coefficient (Wildman–Crippen LogP) is 5.07. The van der Waals surface area contributed by atoms with Gasteiger partial charge >= 0.3 is 0 Å². The second-order valence-corrected chi connectivity index (χ2v) is 7.76. The summed E-state index contributed by atoms with van der Waals surface area (Å²) in [5.74, 6) is 0. The first kappa shape index (κ1) is 16.3. The van der Waals surface area contributed by atoms with E-state index in [1.54, 1.807) is 0 Å². The minimum atomic E-state index is -0.310. The molecule has 0 saturated carbocycles. The molecule has 0 aliphatic heterocycles. The number of fused-ring (bicyclic) bond motifs is 4. The first-order chi connectivity index (χ1) is 14.4. The van der Waals surface area contributed by atoms with Crippen LogP contribution in [0.4, 0.5) is 0 Å². The van der Waals surface area contributed by atoms with Crippen molar-refractivity contribution in [1.29, 1.82) is 0 Å². The second-order valence-electron chi connectivity index (χ2n) is 7.76. The summed E-state index contributed by atoms with van der Waals surface area (Å²) in [4.78, 5) is 0. The Kier molecular flexibility index (Phi) is 3.48.